The molecule has 0 aromatic carbocycles. The molecule has 0 aromatic rings. The van der Waals surface area contributed by atoms with Crippen LogP contribution in [0.3, 0.4) is 0 Å². The minimum Gasteiger partial charge on any atom is -0.329 e. The molecule has 1 aliphatic heterocycles. The summed E-state index contributed by atoms with van der Waals surface area (Å²) < 4.78 is 67.9. The molecule has 3 N–H and O–H groups in total. The minimum absolute atomic E-state index is 0. The van der Waals surface area contributed by atoms with Crippen LogP contribution in [0, 0.1) is 20.5 Å². The number of hydrogen-bond acceptors (Lipinski definition) is 13. The van der Waals surface area contributed by atoms with Crippen molar-refractivity contribution in [1.29, 1.82) is 0 Å². The second kappa shape index (κ2) is 20.2. The van der Waals surface area contributed by atoms with E-state index in [1.165, 1.54) is 45.6 Å². The SMILES string of the molecule is CN1CCCNCCN(CCN)CCCN(C)CC1.[Ni+2].[O-][Cl+3]([O-])([O-])[O-].[O-][Cl+3]([O-])([O-])[O-]. The van der Waals surface area contributed by atoms with E-state index in [1.807, 2.05) is 0 Å². The molecule has 0 aliphatic carbocycles. The molecule has 0 spiro atoms. The number of rotatable bonds is 2. The zero-order valence-electron chi connectivity index (χ0n) is 17.2. The van der Waals surface area contributed by atoms with Crippen LogP contribution < -0.4 is 48.3 Å². The van der Waals surface area contributed by atoms with Gasteiger partial charge in [0.25, 0.3) is 0 Å². The molecule has 0 aromatic heterocycles. The van der Waals surface area contributed by atoms with Crippen LogP contribution in [0.1, 0.15) is 12.8 Å². The average molecular weight is 529 g/mol. The number of likely N-dealkylation sites (N-methyl/N-ethyl adjacent to an activating group) is 2. The molecular weight excluding hydrogens is 496 g/mol. The summed E-state index contributed by atoms with van der Waals surface area (Å²) in [5.74, 6) is 0. The van der Waals surface area contributed by atoms with Crippen molar-refractivity contribution in [1.82, 2.24) is 20.0 Å². The molecule has 1 saturated heterocycles. The van der Waals surface area contributed by atoms with Crippen molar-refractivity contribution in [2.24, 2.45) is 5.73 Å². The topological polar surface area (TPSA) is 232 Å². The minimum atomic E-state index is -4.94. The maximum Gasteiger partial charge on any atom is 2.00 e. The fourth-order valence-electron chi connectivity index (χ4n) is 2.48. The smallest absolute Gasteiger partial charge is 0.329 e. The van der Waals surface area contributed by atoms with E-state index in [9.17, 15) is 0 Å². The Morgan fingerprint density at radius 3 is 1.57 bits per heavy atom. The first-order chi connectivity index (χ1) is 13.2. The molecule has 0 unspecified atom stereocenters. The van der Waals surface area contributed by atoms with Crippen LogP contribution in [0.15, 0.2) is 0 Å². The van der Waals surface area contributed by atoms with Gasteiger partial charge < -0.3 is 25.8 Å². The van der Waals surface area contributed by atoms with Crippen LogP contribution in [0.25, 0.3) is 0 Å². The quantitative estimate of drug-likeness (QED) is 0.317. The van der Waals surface area contributed by atoms with Crippen molar-refractivity contribution in [3.63, 3.8) is 0 Å². The summed E-state index contributed by atoms with van der Waals surface area (Å²) >= 11 is 0. The van der Waals surface area contributed by atoms with Crippen LogP contribution in [0.4, 0.5) is 0 Å². The normalized spacial score (nSPS) is 19.3. The van der Waals surface area contributed by atoms with Gasteiger partial charge in [0.15, 0.2) is 0 Å². The summed E-state index contributed by atoms with van der Waals surface area (Å²) in [4.78, 5) is 7.37. The van der Waals surface area contributed by atoms with Gasteiger partial charge in [-0.05, 0) is 53.1 Å². The fraction of sp³-hybridized carbons (Fsp3) is 1.00. The van der Waals surface area contributed by atoms with Gasteiger partial charge in [0, 0.05) is 39.3 Å². The first-order valence-corrected chi connectivity index (χ1v) is 11.4. The summed E-state index contributed by atoms with van der Waals surface area (Å²) in [6.07, 6.45) is 2.47. The van der Waals surface area contributed by atoms with Crippen molar-refractivity contribution in [3.05, 3.63) is 0 Å². The Labute approximate surface area is 192 Å². The number of hydrogen-bond donors (Lipinski definition) is 2. The van der Waals surface area contributed by atoms with Crippen LogP contribution >= 0.6 is 0 Å². The maximum absolute atomic E-state index is 8.49. The molecule has 0 radical (unpaired) electrons. The van der Waals surface area contributed by atoms with Crippen molar-refractivity contribution in [3.8, 4) is 0 Å². The van der Waals surface area contributed by atoms with Gasteiger partial charge in [0.05, 0.1) is 0 Å². The molecular formula is C14H33Cl2N5NiO8. The van der Waals surface area contributed by atoms with Gasteiger partial charge in [-0.2, -0.15) is 0 Å². The van der Waals surface area contributed by atoms with Crippen LogP contribution in [0.2, 0.25) is 0 Å². The van der Waals surface area contributed by atoms with E-state index in [1.54, 1.807) is 0 Å². The van der Waals surface area contributed by atoms with Gasteiger partial charge in [-0.15, -0.1) is 20.5 Å². The van der Waals surface area contributed by atoms with E-state index < -0.39 is 20.5 Å². The molecule has 1 aliphatic rings. The first-order valence-electron chi connectivity index (χ1n) is 8.96. The molecule has 0 saturated carbocycles. The summed E-state index contributed by atoms with van der Waals surface area (Å²) in [6.45, 7) is 11.0. The zero-order valence-corrected chi connectivity index (χ0v) is 19.7. The predicted molar refractivity (Wildman–Crippen MR) is 82.6 cm³/mol. The van der Waals surface area contributed by atoms with Gasteiger partial charge in [0.1, 0.15) is 0 Å². The third-order valence-corrected chi connectivity index (χ3v) is 3.82. The largest absolute Gasteiger partial charge is 2.00 e. The van der Waals surface area contributed by atoms with Gasteiger partial charge in [0.2, 0.25) is 0 Å². The van der Waals surface area contributed by atoms with Crippen molar-refractivity contribution in [2.75, 3.05) is 79.5 Å². The Kier molecular flexibility index (Phi) is 23.6. The van der Waals surface area contributed by atoms with E-state index in [2.05, 4.69) is 34.1 Å². The number of nitrogens with two attached hydrogens (primary N) is 1. The van der Waals surface area contributed by atoms with Crippen molar-refractivity contribution in [2.45, 2.75) is 12.8 Å². The van der Waals surface area contributed by atoms with Gasteiger partial charge in [-0.3, -0.25) is 0 Å². The Morgan fingerprint density at radius 2 is 1.13 bits per heavy atom. The Bertz CT molecular complexity index is 359. The van der Waals surface area contributed by atoms with Gasteiger partial charge >= 0.3 is 16.5 Å². The Morgan fingerprint density at radius 1 is 0.700 bits per heavy atom. The third-order valence-electron chi connectivity index (χ3n) is 3.82. The first kappa shape index (κ1) is 35.2. The summed E-state index contributed by atoms with van der Waals surface area (Å²) in [5, 5.41) is 3.54. The summed E-state index contributed by atoms with van der Waals surface area (Å²) in [7, 11) is -5.43. The van der Waals surface area contributed by atoms with Gasteiger partial charge in [-0.25, -0.2) is 37.3 Å². The van der Waals surface area contributed by atoms with E-state index in [4.69, 9.17) is 43.0 Å². The fourth-order valence-corrected chi connectivity index (χ4v) is 2.48. The van der Waals surface area contributed by atoms with E-state index in [0.717, 1.165) is 32.7 Å². The third kappa shape index (κ3) is 39.1. The molecule has 1 rings (SSSR count). The monoisotopic (exact) mass is 527 g/mol. The van der Waals surface area contributed by atoms with Crippen molar-refractivity contribution >= 4 is 0 Å². The van der Waals surface area contributed by atoms with Crippen molar-refractivity contribution < 1.29 is 74.2 Å². The molecule has 186 valence electrons. The van der Waals surface area contributed by atoms with Crippen LogP contribution in [0.5, 0.6) is 0 Å². The van der Waals surface area contributed by atoms with E-state index >= 15 is 0 Å². The number of nitrogens with one attached hydrogen (secondary N) is 1. The molecule has 30 heavy (non-hydrogen) atoms. The van der Waals surface area contributed by atoms with Gasteiger partial charge in [-0.1, -0.05) is 0 Å². The zero-order chi connectivity index (χ0) is 22.9. The van der Waals surface area contributed by atoms with Crippen LogP contribution in [-0.4, -0.2) is 94.2 Å². The van der Waals surface area contributed by atoms with Crippen LogP contribution in [-0.2, 0) is 16.5 Å². The molecule has 0 amide bonds. The molecule has 0 bridgehead atoms. The Hall–Kier alpha value is 0.554. The summed E-state index contributed by atoms with van der Waals surface area (Å²) in [5.41, 5.74) is 5.69. The number of halogens is 2. The Balaban J connectivity index is -0.000000553. The molecule has 13 nitrogen and oxygen atoms in total. The van der Waals surface area contributed by atoms with E-state index in [-0.39, 0.29) is 16.5 Å². The second-order valence-electron chi connectivity index (χ2n) is 6.45. The molecule has 1 fully saturated rings. The van der Waals surface area contributed by atoms with E-state index in [0.29, 0.717) is 0 Å². The molecule has 1 heterocycles. The predicted octanol–water partition coefficient (Wildman–Crippen LogP) is -10.0. The average Bonchev–Trinajstić information content (AvgIpc) is 2.52. The standard InChI is InChI=1S/C14H33N5.2ClHO4.Ni/c1-17-8-3-6-16-7-12-19(11-5-15)10-4-9-18(2)14-13-17;2*2-1(3,4)5;/h16H,3-15H2,1-2H3;2*(H,2,3,4,5);/q;;;+2/p-2. The molecule has 0 atom stereocenters. The summed E-state index contributed by atoms with van der Waals surface area (Å²) in [6, 6.07) is 0. The second-order valence-corrected chi connectivity index (χ2v) is 7.96. The maximum atomic E-state index is 8.49. The molecule has 16 heteroatoms. The number of nitrogens with zero attached hydrogens (tertiary/aromatic N) is 3.